The summed E-state index contributed by atoms with van der Waals surface area (Å²) >= 11 is 0. The second kappa shape index (κ2) is 4.96. The molecule has 0 saturated heterocycles. The number of imidazole rings is 1. The summed E-state index contributed by atoms with van der Waals surface area (Å²) in [4.78, 5) is 26.7. The van der Waals surface area contributed by atoms with Gasteiger partial charge in [-0.2, -0.15) is 0 Å². The Morgan fingerprint density at radius 1 is 0.955 bits per heavy atom. The standard InChI is InChI=1S/C17H12N4O/c22-17-13(9-12-3-1-2-4-14(12)21-17)16-19-10-15(20-16)11-5-7-18-8-6-11/h1-10H,(H,19,20)(H,21,22). The fraction of sp³-hybridized carbons (Fsp3) is 0. The van der Waals surface area contributed by atoms with Gasteiger partial charge in [0.2, 0.25) is 0 Å². The number of rotatable bonds is 2. The summed E-state index contributed by atoms with van der Waals surface area (Å²) in [5, 5.41) is 0.971. The first-order chi connectivity index (χ1) is 10.8. The molecule has 5 heteroatoms. The van der Waals surface area contributed by atoms with Crippen LogP contribution in [0.15, 0.2) is 65.8 Å². The van der Waals surface area contributed by atoms with Gasteiger partial charge in [-0.3, -0.25) is 9.78 Å². The highest BCUT2D eigenvalue weighted by Gasteiger charge is 2.10. The van der Waals surface area contributed by atoms with E-state index in [0.29, 0.717) is 11.4 Å². The molecular formula is C17H12N4O. The molecule has 0 aliphatic rings. The molecule has 0 amide bonds. The number of fused-ring (bicyclic) bond motifs is 1. The molecule has 0 fully saturated rings. The monoisotopic (exact) mass is 288 g/mol. The third-order valence-electron chi connectivity index (χ3n) is 3.58. The van der Waals surface area contributed by atoms with Crippen molar-refractivity contribution in [2.45, 2.75) is 0 Å². The van der Waals surface area contributed by atoms with Crippen molar-refractivity contribution < 1.29 is 0 Å². The zero-order chi connectivity index (χ0) is 14.9. The van der Waals surface area contributed by atoms with Crippen LogP contribution in [-0.2, 0) is 0 Å². The van der Waals surface area contributed by atoms with Gasteiger partial charge in [0.25, 0.3) is 5.56 Å². The molecule has 22 heavy (non-hydrogen) atoms. The molecule has 5 nitrogen and oxygen atoms in total. The summed E-state index contributed by atoms with van der Waals surface area (Å²) in [6.45, 7) is 0. The number of aromatic nitrogens is 4. The second-order valence-corrected chi connectivity index (χ2v) is 4.98. The normalized spacial score (nSPS) is 10.9. The number of benzene rings is 1. The van der Waals surface area contributed by atoms with E-state index in [-0.39, 0.29) is 5.56 Å². The lowest BCUT2D eigenvalue weighted by Gasteiger charge is -2.01. The van der Waals surface area contributed by atoms with Gasteiger partial charge in [-0.15, -0.1) is 0 Å². The number of nitrogens with one attached hydrogen (secondary N) is 2. The van der Waals surface area contributed by atoms with Crippen LogP contribution >= 0.6 is 0 Å². The molecule has 0 bridgehead atoms. The number of aromatic amines is 2. The van der Waals surface area contributed by atoms with Crippen LogP contribution in [0.5, 0.6) is 0 Å². The Morgan fingerprint density at radius 3 is 2.64 bits per heavy atom. The van der Waals surface area contributed by atoms with Gasteiger partial charge in [0.15, 0.2) is 0 Å². The van der Waals surface area contributed by atoms with Crippen LogP contribution < -0.4 is 5.56 Å². The van der Waals surface area contributed by atoms with Crippen LogP contribution in [0.25, 0.3) is 33.5 Å². The summed E-state index contributed by atoms with van der Waals surface area (Å²) in [6, 6.07) is 13.3. The first kappa shape index (κ1) is 12.5. The van der Waals surface area contributed by atoms with Crippen molar-refractivity contribution in [3.05, 3.63) is 71.4 Å². The largest absolute Gasteiger partial charge is 0.338 e. The van der Waals surface area contributed by atoms with E-state index in [1.807, 2.05) is 42.5 Å². The van der Waals surface area contributed by atoms with Crippen LogP contribution in [0.2, 0.25) is 0 Å². The summed E-state index contributed by atoms with van der Waals surface area (Å²) < 4.78 is 0. The van der Waals surface area contributed by atoms with Crippen LogP contribution in [0.1, 0.15) is 0 Å². The predicted molar refractivity (Wildman–Crippen MR) is 85.4 cm³/mol. The van der Waals surface area contributed by atoms with Gasteiger partial charge in [0.05, 0.1) is 17.5 Å². The third kappa shape index (κ3) is 2.09. The van der Waals surface area contributed by atoms with Crippen molar-refractivity contribution in [3.8, 4) is 22.6 Å². The zero-order valence-electron chi connectivity index (χ0n) is 11.6. The molecule has 0 atom stereocenters. The topological polar surface area (TPSA) is 74.4 Å². The Labute approximate surface area is 125 Å². The number of H-pyrrole nitrogens is 2. The summed E-state index contributed by atoms with van der Waals surface area (Å²) in [5.41, 5.74) is 3.02. The molecule has 0 saturated carbocycles. The minimum Gasteiger partial charge on any atom is -0.338 e. The van der Waals surface area contributed by atoms with Gasteiger partial charge in [-0.25, -0.2) is 4.98 Å². The highest BCUT2D eigenvalue weighted by atomic mass is 16.1. The van der Waals surface area contributed by atoms with E-state index < -0.39 is 0 Å². The van der Waals surface area contributed by atoms with Crippen LogP contribution in [0.3, 0.4) is 0 Å². The van der Waals surface area contributed by atoms with Crippen LogP contribution in [0.4, 0.5) is 0 Å². The molecule has 0 unspecified atom stereocenters. The number of hydrogen-bond acceptors (Lipinski definition) is 3. The first-order valence-corrected chi connectivity index (χ1v) is 6.89. The Balaban J connectivity index is 1.84. The van der Waals surface area contributed by atoms with Gasteiger partial charge in [0, 0.05) is 23.5 Å². The van der Waals surface area contributed by atoms with E-state index in [0.717, 1.165) is 22.2 Å². The lowest BCUT2D eigenvalue weighted by Crippen LogP contribution is -2.09. The quantitative estimate of drug-likeness (QED) is 0.595. The fourth-order valence-electron chi connectivity index (χ4n) is 2.46. The molecule has 0 aliphatic heterocycles. The maximum atomic E-state index is 12.3. The first-order valence-electron chi connectivity index (χ1n) is 6.89. The Kier molecular flexibility index (Phi) is 2.83. The lowest BCUT2D eigenvalue weighted by atomic mass is 10.1. The minimum absolute atomic E-state index is 0.158. The summed E-state index contributed by atoms with van der Waals surface area (Å²) in [5.74, 6) is 0.554. The second-order valence-electron chi connectivity index (χ2n) is 4.98. The molecule has 4 rings (SSSR count). The van der Waals surface area contributed by atoms with Gasteiger partial charge >= 0.3 is 0 Å². The van der Waals surface area contributed by atoms with Crippen LogP contribution in [-0.4, -0.2) is 19.9 Å². The smallest absolute Gasteiger partial charge is 0.259 e. The van der Waals surface area contributed by atoms with E-state index >= 15 is 0 Å². The Hall–Kier alpha value is -3.21. The van der Waals surface area contributed by atoms with Crippen molar-refractivity contribution in [3.63, 3.8) is 0 Å². The minimum atomic E-state index is -0.158. The van der Waals surface area contributed by atoms with E-state index in [2.05, 4.69) is 19.9 Å². The van der Waals surface area contributed by atoms with E-state index in [1.165, 1.54) is 0 Å². The predicted octanol–water partition coefficient (Wildman–Crippen LogP) is 2.98. The molecule has 1 aromatic carbocycles. The fourth-order valence-corrected chi connectivity index (χ4v) is 2.46. The molecule has 3 heterocycles. The number of hydrogen-bond donors (Lipinski definition) is 2. The molecule has 106 valence electrons. The molecule has 4 aromatic rings. The summed E-state index contributed by atoms with van der Waals surface area (Å²) in [6.07, 6.45) is 5.16. The molecular weight excluding hydrogens is 276 g/mol. The van der Waals surface area contributed by atoms with E-state index in [9.17, 15) is 4.79 Å². The SMILES string of the molecule is O=c1[nH]c2ccccc2cc1-c1ncc(-c2ccncc2)[nH]1. The molecule has 2 N–H and O–H groups in total. The number of pyridine rings is 2. The maximum Gasteiger partial charge on any atom is 0.259 e. The Morgan fingerprint density at radius 2 is 1.77 bits per heavy atom. The third-order valence-corrected chi connectivity index (χ3v) is 3.58. The summed E-state index contributed by atoms with van der Waals surface area (Å²) in [7, 11) is 0. The van der Waals surface area contributed by atoms with Gasteiger partial charge in [0.1, 0.15) is 5.82 Å². The molecule has 0 aliphatic carbocycles. The van der Waals surface area contributed by atoms with Crippen molar-refractivity contribution in [2.75, 3.05) is 0 Å². The van der Waals surface area contributed by atoms with Crippen LogP contribution in [0, 0.1) is 0 Å². The van der Waals surface area contributed by atoms with Crippen molar-refractivity contribution in [1.82, 2.24) is 19.9 Å². The maximum absolute atomic E-state index is 12.3. The van der Waals surface area contributed by atoms with Crippen molar-refractivity contribution in [2.24, 2.45) is 0 Å². The molecule has 3 aromatic heterocycles. The van der Waals surface area contributed by atoms with Crippen molar-refractivity contribution >= 4 is 10.9 Å². The molecule has 0 spiro atoms. The highest BCUT2D eigenvalue weighted by Crippen LogP contribution is 2.21. The lowest BCUT2D eigenvalue weighted by molar-refractivity contribution is 1.24. The number of nitrogens with zero attached hydrogens (tertiary/aromatic N) is 2. The average Bonchev–Trinajstić information content (AvgIpc) is 3.05. The zero-order valence-corrected chi connectivity index (χ0v) is 11.6. The molecule has 0 radical (unpaired) electrons. The highest BCUT2D eigenvalue weighted by molar-refractivity contribution is 5.82. The van der Waals surface area contributed by atoms with Gasteiger partial charge < -0.3 is 9.97 Å². The number of para-hydroxylation sites is 1. The Bertz CT molecular complexity index is 1000. The van der Waals surface area contributed by atoms with Crippen molar-refractivity contribution in [1.29, 1.82) is 0 Å². The van der Waals surface area contributed by atoms with Gasteiger partial charge in [-0.1, -0.05) is 18.2 Å². The van der Waals surface area contributed by atoms with E-state index in [1.54, 1.807) is 18.6 Å². The van der Waals surface area contributed by atoms with Gasteiger partial charge in [-0.05, 0) is 29.7 Å². The van der Waals surface area contributed by atoms with E-state index in [4.69, 9.17) is 0 Å². The average molecular weight is 288 g/mol.